The zero-order valence-electron chi connectivity index (χ0n) is 12.4. The molecule has 0 fully saturated rings. The highest BCUT2D eigenvalue weighted by Crippen LogP contribution is 2.22. The molecule has 4 rings (SSSR count). The van der Waals surface area contributed by atoms with Gasteiger partial charge in [0, 0.05) is 34.7 Å². The number of nitrogens with one attached hydrogen (secondary N) is 1. The van der Waals surface area contributed by atoms with Crippen molar-refractivity contribution in [3.8, 4) is 0 Å². The molecule has 1 aliphatic heterocycles. The summed E-state index contributed by atoms with van der Waals surface area (Å²) in [4.78, 5) is 13.4. The number of aromatic nitrogens is 2. The number of amidine groups is 1. The summed E-state index contributed by atoms with van der Waals surface area (Å²) in [5.41, 5.74) is 4.25. The molecule has 0 aliphatic carbocycles. The third kappa shape index (κ3) is 2.22. The summed E-state index contributed by atoms with van der Waals surface area (Å²) in [6.07, 6.45) is 4.68. The lowest BCUT2D eigenvalue weighted by Crippen LogP contribution is -2.13. The van der Waals surface area contributed by atoms with Crippen LogP contribution in [0, 0.1) is 0 Å². The number of fused-ring (bicyclic) bond motifs is 2. The minimum absolute atomic E-state index is 0.697. The van der Waals surface area contributed by atoms with E-state index in [0.29, 0.717) is 6.54 Å². The van der Waals surface area contributed by atoms with E-state index in [1.165, 1.54) is 10.9 Å². The van der Waals surface area contributed by atoms with E-state index in [1.807, 2.05) is 12.3 Å². The first kappa shape index (κ1) is 13.0. The van der Waals surface area contributed by atoms with Gasteiger partial charge in [-0.2, -0.15) is 0 Å². The van der Waals surface area contributed by atoms with Crippen LogP contribution in [0.4, 0.5) is 5.69 Å². The van der Waals surface area contributed by atoms with Crippen molar-refractivity contribution < 1.29 is 0 Å². The third-order valence-corrected chi connectivity index (χ3v) is 3.93. The van der Waals surface area contributed by atoms with Crippen molar-refractivity contribution in [3.63, 3.8) is 0 Å². The van der Waals surface area contributed by atoms with E-state index >= 15 is 0 Å². The molecule has 0 unspecified atom stereocenters. The molecule has 0 amide bonds. The fraction of sp³-hybridized carbons (Fsp3) is 0.167. The summed E-state index contributed by atoms with van der Waals surface area (Å²) >= 11 is 0. The fourth-order valence-electron chi connectivity index (χ4n) is 2.71. The van der Waals surface area contributed by atoms with Crippen LogP contribution >= 0.6 is 0 Å². The lowest BCUT2D eigenvalue weighted by atomic mass is 10.1. The van der Waals surface area contributed by atoms with Gasteiger partial charge in [-0.05, 0) is 36.1 Å². The molecule has 0 atom stereocenters. The van der Waals surface area contributed by atoms with Crippen molar-refractivity contribution in [1.29, 1.82) is 0 Å². The highest BCUT2D eigenvalue weighted by Gasteiger charge is 2.16. The Morgan fingerprint density at radius 3 is 2.95 bits per heavy atom. The van der Waals surface area contributed by atoms with E-state index in [4.69, 9.17) is 0 Å². The SMILES string of the molecule is CCc1cc2cc(NC3=NCc4cccnc43)ccc2cn1. The Bertz CT molecular complexity index is 883. The van der Waals surface area contributed by atoms with E-state index in [0.717, 1.165) is 34.7 Å². The van der Waals surface area contributed by atoms with Gasteiger partial charge in [0.15, 0.2) is 5.84 Å². The molecule has 0 spiro atoms. The van der Waals surface area contributed by atoms with E-state index in [9.17, 15) is 0 Å². The quantitative estimate of drug-likeness (QED) is 0.784. The number of anilines is 1. The maximum absolute atomic E-state index is 4.54. The van der Waals surface area contributed by atoms with Gasteiger partial charge >= 0.3 is 0 Å². The zero-order chi connectivity index (χ0) is 14.9. The first-order chi connectivity index (χ1) is 10.8. The summed E-state index contributed by atoms with van der Waals surface area (Å²) in [5.74, 6) is 0.847. The fourth-order valence-corrected chi connectivity index (χ4v) is 2.71. The van der Waals surface area contributed by atoms with Crippen LogP contribution < -0.4 is 5.32 Å². The van der Waals surface area contributed by atoms with Gasteiger partial charge in [0.2, 0.25) is 0 Å². The van der Waals surface area contributed by atoms with Gasteiger partial charge in [-0.25, -0.2) is 0 Å². The van der Waals surface area contributed by atoms with Crippen LogP contribution in [0.2, 0.25) is 0 Å². The molecule has 0 saturated carbocycles. The monoisotopic (exact) mass is 288 g/mol. The Morgan fingerprint density at radius 2 is 2.05 bits per heavy atom. The number of hydrogen-bond acceptors (Lipinski definition) is 4. The Hall–Kier alpha value is -2.75. The van der Waals surface area contributed by atoms with E-state index in [2.05, 4.69) is 57.5 Å². The summed E-state index contributed by atoms with van der Waals surface area (Å²) in [6, 6.07) is 12.4. The van der Waals surface area contributed by atoms with Crippen LogP contribution in [0.25, 0.3) is 10.8 Å². The molecule has 0 radical (unpaired) electrons. The number of benzene rings is 1. The van der Waals surface area contributed by atoms with Crippen molar-refractivity contribution in [2.45, 2.75) is 19.9 Å². The summed E-state index contributed by atoms with van der Waals surface area (Å²) in [5, 5.41) is 5.73. The molecular formula is C18H16N4. The Kier molecular flexibility index (Phi) is 3.07. The minimum atomic E-state index is 0.697. The maximum atomic E-state index is 4.54. The molecule has 2 aromatic heterocycles. The molecule has 0 saturated heterocycles. The second kappa shape index (κ2) is 5.22. The number of hydrogen-bond donors (Lipinski definition) is 1. The van der Waals surface area contributed by atoms with Crippen molar-refractivity contribution in [3.05, 3.63) is 65.7 Å². The van der Waals surface area contributed by atoms with Gasteiger partial charge in [-0.1, -0.05) is 19.1 Å². The first-order valence-electron chi connectivity index (χ1n) is 7.48. The second-order valence-corrected chi connectivity index (χ2v) is 5.39. The van der Waals surface area contributed by atoms with Crippen molar-refractivity contribution >= 4 is 22.3 Å². The smallest absolute Gasteiger partial charge is 0.152 e. The summed E-state index contributed by atoms with van der Waals surface area (Å²) in [6.45, 7) is 2.81. The van der Waals surface area contributed by atoms with Crippen LogP contribution in [-0.2, 0) is 13.0 Å². The normalized spacial score (nSPS) is 13.0. The van der Waals surface area contributed by atoms with Crippen LogP contribution in [-0.4, -0.2) is 15.8 Å². The second-order valence-electron chi connectivity index (χ2n) is 5.39. The molecule has 108 valence electrons. The van der Waals surface area contributed by atoms with Crippen LogP contribution in [0.3, 0.4) is 0 Å². The number of rotatable bonds is 2. The lowest BCUT2D eigenvalue weighted by Gasteiger charge is -2.08. The predicted molar refractivity (Wildman–Crippen MR) is 89.2 cm³/mol. The molecule has 22 heavy (non-hydrogen) atoms. The van der Waals surface area contributed by atoms with Gasteiger partial charge in [-0.15, -0.1) is 0 Å². The van der Waals surface area contributed by atoms with Gasteiger partial charge in [0.05, 0.1) is 6.54 Å². The van der Waals surface area contributed by atoms with Gasteiger partial charge in [-0.3, -0.25) is 15.0 Å². The van der Waals surface area contributed by atoms with Crippen LogP contribution in [0.15, 0.2) is 53.8 Å². The molecule has 1 aromatic carbocycles. The maximum Gasteiger partial charge on any atom is 0.152 e. The summed E-state index contributed by atoms with van der Waals surface area (Å²) in [7, 11) is 0. The van der Waals surface area contributed by atoms with Crippen molar-refractivity contribution in [2.75, 3.05) is 5.32 Å². The molecule has 0 bridgehead atoms. The standard InChI is InChI=1S/C18H16N4/c1-2-15-8-14-9-16(6-5-12(14)10-20-15)22-18-17-13(11-21-18)4-3-7-19-17/h3-10H,2,11H2,1H3,(H,21,22). The average Bonchev–Trinajstić information content (AvgIpc) is 2.97. The number of aliphatic imine (C=N–C) groups is 1. The number of aryl methyl sites for hydroxylation is 1. The van der Waals surface area contributed by atoms with Crippen LogP contribution in [0.1, 0.15) is 23.9 Å². The highest BCUT2D eigenvalue weighted by molar-refractivity contribution is 6.09. The molecule has 3 aromatic rings. The van der Waals surface area contributed by atoms with Gasteiger partial charge in [0.25, 0.3) is 0 Å². The minimum Gasteiger partial charge on any atom is -0.339 e. The molecular weight excluding hydrogens is 272 g/mol. The van der Waals surface area contributed by atoms with Crippen LogP contribution in [0.5, 0.6) is 0 Å². The van der Waals surface area contributed by atoms with E-state index < -0.39 is 0 Å². The molecule has 4 nitrogen and oxygen atoms in total. The Labute approximate surface area is 129 Å². The topological polar surface area (TPSA) is 50.2 Å². The first-order valence-corrected chi connectivity index (χ1v) is 7.48. The van der Waals surface area contributed by atoms with Crippen molar-refractivity contribution in [1.82, 2.24) is 9.97 Å². The third-order valence-electron chi connectivity index (χ3n) is 3.93. The van der Waals surface area contributed by atoms with E-state index in [-0.39, 0.29) is 0 Å². The Morgan fingerprint density at radius 1 is 1.09 bits per heavy atom. The summed E-state index contributed by atoms with van der Waals surface area (Å²) < 4.78 is 0. The average molecular weight is 288 g/mol. The lowest BCUT2D eigenvalue weighted by molar-refractivity contribution is 1.05. The molecule has 1 N–H and O–H groups in total. The van der Waals surface area contributed by atoms with Gasteiger partial charge in [0.1, 0.15) is 5.69 Å². The predicted octanol–water partition coefficient (Wildman–Crippen LogP) is 3.56. The van der Waals surface area contributed by atoms with Crippen molar-refractivity contribution in [2.24, 2.45) is 4.99 Å². The van der Waals surface area contributed by atoms with Gasteiger partial charge < -0.3 is 5.32 Å². The molecule has 1 aliphatic rings. The number of nitrogens with zero attached hydrogens (tertiary/aromatic N) is 3. The largest absolute Gasteiger partial charge is 0.339 e. The highest BCUT2D eigenvalue weighted by atomic mass is 15.0. The molecule has 3 heterocycles. The zero-order valence-corrected chi connectivity index (χ0v) is 12.4. The van der Waals surface area contributed by atoms with E-state index in [1.54, 1.807) is 6.20 Å². The molecule has 4 heteroatoms. The number of pyridine rings is 2. The Balaban J connectivity index is 1.68.